The van der Waals surface area contributed by atoms with Gasteiger partial charge in [0.2, 0.25) is 0 Å². The van der Waals surface area contributed by atoms with E-state index in [1.807, 2.05) is 0 Å². The van der Waals surface area contributed by atoms with Crippen molar-refractivity contribution in [3.8, 4) is 0 Å². The summed E-state index contributed by atoms with van der Waals surface area (Å²) < 4.78 is 16.6. The Bertz CT molecular complexity index is 248. The number of ether oxygens (including phenoxy) is 3. The molecule has 0 amide bonds. The third kappa shape index (κ3) is 1.38. The molecular formula is C13H20O3. The van der Waals surface area contributed by atoms with Gasteiger partial charge < -0.3 is 14.2 Å². The Kier molecular flexibility index (Phi) is 2.12. The maximum absolute atomic E-state index is 5.72. The lowest BCUT2D eigenvalue weighted by Gasteiger charge is -2.58. The van der Waals surface area contributed by atoms with E-state index in [4.69, 9.17) is 14.2 Å². The van der Waals surface area contributed by atoms with Crippen molar-refractivity contribution in [2.24, 2.45) is 23.2 Å². The Morgan fingerprint density at radius 3 is 1.75 bits per heavy atom. The van der Waals surface area contributed by atoms with Crippen LogP contribution in [0.3, 0.4) is 0 Å². The Hall–Kier alpha value is -0.120. The molecule has 4 aliphatic carbocycles. The highest BCUT2D eigenvalue weighted by molar-refractivity contribution is 5.03. The maximum atomic E-state index is 5.72. The first-order valence-corrected chi connectivity index (χ1v) is 6.65. The fourth-order valence-corrected chi connectivity index (χ4v) is 5.12. The van der Waals surface area contributed by atoms with Crippen LogP contribution in [0.2, 0.25) is 0 Å². The monoisotopic (exact) mass is 224 g/mol. The molecule has 0 unspecified atom stereocenters. The summed E-state index contributed by atoms with van der Waals surface area (Å²) >= 11 is 0. The van der Waals surface area contributed by atoms with E-state index >= 15 is 0 Å². The lowest BCUT2D eigenvalue weighted by atomic mass is 9.49. The minimum Gasteiger partial charge on any atom is -0.329 e. The fraction of sp³-hybridized carbons (Fsp3) is 1.00. The molecule has 1 aliphatic heterocycles. The predicted molar refractivity (Wildman–Crippen MR) is 57.4 cm³/mol. The quantitative estimate of drug-likeness (QED) is 0.685. The molecule has 0 aromatic rings. The van der Waals surface area contributed by atoms with Gasteiger partial charge in [-0.3, -0.25) is 0 Å². The fourth-order valence-electron chi connectivity index (χ4n) is 5.12. The van der Waals surface area contributed by atoms with Gasteiger partial charge in [0.05, 0.1) is 0 Å². The molecule has 1 heterocycles. The van der Waals surface area contributed by atoms with Crippen LogP contribution in [0.15, 0.2) is 0 Å². The number of rotatable bonds is 1. The third-order valence-corrected chi connectivity index (χ3v) is 5.19. The smallest absolute Gasteiger partial charge is 0.168 e. The summed E-state index contributed by atoms with van der Waals surface area (Å²) in [5.74, 6) is 2.88. The molecule has 0 radical (unpaired) electrons. The van der Waals surface area contributed by atoms with Crippen molar-refractivity contribution in [3.05, 3.63) is 0 Å². The van der Waals surface area contributed by atoms with Gasteiger partial charge in [0.15, 0.2) is 19.9 Å². The van der Waals surface area contributed by atoms with Crippen LogP contribution in [-0.2, 0) is 14.2 Å². The lowest BCUT2D eigenvalue weighted by molar-refractivity contribution is -0.349. The van der Waals surface area contributed by atoms with Crippen molar-refractivity contribution in [2.75, 3.05) is 13.6 Å². The van der Waals surface area contributed by atoms with Crippen LogP contribution in [0.1, 0.15) is 38.5 Å². The third-order valence-electron chi connectivity index (χ3n) is 5.19. The highest BCUT2D eigenvalue weighted by atomic mass is 16.8. The minimum atomic E-state index is 0.0228. The van der Waals surface area contributed by atoms with E-state index in [2.05, 4.69) is 0 Å². The molecule has 0 aromatic carbocycles. The Labute approximate surface area is 96.4 Å². The van der Waals surface area contributed by atoms with Crippen LogP contribution in [0.25, 0.3) is 0 Å². The van der Waals surface area contributed by atoms with E-state index in [1.165, 1.54) is 38.5 Å². The van der Waals surface area contributed by atoms with Crippen molar-refractivity contribution < 1.29 is 14.2 Å². The zero-order valence-electron chi connectivity index (χ0n) is 9.69. The molecule has 4 bridgehead atoms. The Morgan fingerprint density at radius 2 is 1.25 bits per heavy atom. The minimum absolute atomic E-state index is 0.0228. The molecule has 0 spiro atoms. The summed E-state index contributed by atoms with van der Waals surface area (Å²) in [6.45, 7) is 0.846. The van der Waals surface area contributed by atoms with E-state index in [0.29, 0.717) is 19.0 Å². The van der Waals surface area contributed by atoms with Gasteiger partial charge in [-0.05, 0) is 56.3 Å². The number of hydrogen-bond donors (Lipinski definition) is 0. The molecule has 5 fully saturated rings. The van der Waals surface area contributed by atoms with Gasteiger partial charge in [-0.25, -0.2) is 0 Å². The summed E-state index contributed by atoms with van der Waals surface area (Å²) in [4.78, 5) is 0. The highest BCUT2D eigenvalue weighted by Gasteiger charge is 2.55. The van der Waals surface area contributed by atoms with Crippen LogP contribution >= 0.6 is 0 Å². The van der Waals surface area contributed by atoms with Gasteiger partial charge >= 0.3 is 0 Å². The Morgan fingerprint density at radius 1 is 0.750 bits per heavy atom. The van der Waals surface area contributed by atoms with Crippen molar-refractivity contribution in [1.82, 2.24) is 0 Å². The SMILES string of the molecule is C1OCOC(C23CC4CC(CC(C4)C2)C3)O1. The molecule has 0 aromatic heterocycles. The van der Waals surface area contributed by atoms with Gasteiger partial charge in [-0.1, -0.05) is 0 Å². The van der Waals surface area contributed by atoms with Crippen molar-refractivity contribution in [2.45, 2.75) is 44.8 Å². The molecule has 5 rings (SSSR count). The van der Waals surface area contributed by atoms with E-state index in [9.17, 15) is 0 Å². The van der Waals surface area contributed by atoms with Crippen molar-refractivity contribution in [1.29, 1.82) is 0 Å². The summed E-state index contributed by atoms with van der Waals surface area (Å²) in [5, 5.41) is 0. The van der Waals surface area contributed by atoms with Gasteiger partial charge in [-0.2, -0.15) is 0 Å². The van der Waals surface area contributed by atoms with Crippen molar-refractivity contribution in [3.63, 3.8) is 0 Å². The first kappa shape index (κ1) is 9.86. The molecular weight excluding hydrogens is 204 g/mol. The second-order valence-electron chi connectivity index (χ2n) is 6.39. The first-order valence-electron chi connectivity index (χ1n) is 6.65. The summed E-state index contributed by atoms with van der Waals surface area (Å²) in [7, 11) is 0. The normalized spacial score (nSPS) is 52.1. The van der Waals surface area contributed by atoms with Gasteiger partial charge in [0, 0.05) is 5.41 Å². The Balaban J connectivity index is 1.60. The molecule has 3 heteroatoms. The van der Waals surface area contributed by atoms with Crippen LogP contribution in [0, 0.1) is 23.2 Å². The zero-order valence-corrected chi connectivity index (χ0v) is 9.69. The van der Waals surface area contributed by atoms with E-state index in [-0.39, 0.29) is 6.29 Å². The second-order valence-corrected chi connectivity index (χ2v) is 6.39. The summed E-state index contributed by atoms with van der Waals surface area (Å²) in [6, 6.07) is 0. The molecule has 5 aliphatic rings. The predicted octanol–water partition coefficient (Wildman–Crippen LogP) is 2.51. The van der Waals surface area contributed by atoms with E-state index < -0.39 is 0 Å². The van der Waals surface area contributed by atoms with E-state index in [1.54, 1.807) is 0 Å². The van der Waals surface area contributed by atoms with E-state index in [0.717, 1.165) is 17.8 Å². The zero-order chi connectivity index (χ0) is 10.6. The van der Waals surface area contributed by atoms with Crippen LogP contribution in [0.5, 0.6) is 0 Å². The summed E-state index contributed by atoms with van der Waals surface area (Å²) in [6.07, 6.45) is 8.46. The standard InChI is InChI=1S/C13H20O3/c1-9-2-11-3-10(1)5-13(4-9,6-11)12-15-7-14-8-16-12/h9-12H,1-8H2. The largest absolute Gasteiger partial charge is 0.329 e. The van der Waals surface area contributed by atoms with Gasteiger partial charge in [-0.15, -0.1) is 0 Å². The first-order chi connectivity index (χ1) is 7.84. The molecule has 3 nitrogen and oxygen atoms in total. The highest BCUT2D eigenvalue weighted by Crippen LogP contribution is 2.62. The molecule has 16 heavy (non-hydrogen) atoms. The topological polar surface area (TPSA) is 27.7 Å². The summed E-state index contributed by atoms with van der Waals surface area (Å²) in [5.41, 5.74) is 0.346. The number of hydrogen-bond acceptors (Lipinski definition) is 3. The average molecular weight is 224 g/mol. The maximum Gasteiger partial charge on any atom is 0.168 e. The molecule has 0 N–H and O–H groups in total. The second kappa shape index (κ2) is 3.44. The molecule has 0 atom stereocenters. The lowest BCUT2D eigenvalue weighted by Crippen LogP contribution is -2.54. The van der Waals surface area contributed by atoms with Crippen LogP contribution in [-0.4, -0.2) is 19.9 Å². The van der Waals surface area contributed by atoms with Crippen LogP contribution in [0.4, 0.5) is 0 Å². The van der Waals surface area contributed by atoms with Gasteiger partial charge in [0.1, 0.15) is 0 Å². The van der Waals surface area contributed by atoms with Crippen molar-refractivity contribution >= 4 is 0 Å². The van der Waals surface area contributed by atoms with Crippen LogP contribution < -0.4 is 0 Å². The molecule has 90 valence electrons. The van der Waals surface area contributed by atoms with Gasteiger partial charge in [0.25, 0.3) is 0 Å². The average Bonchev–Trinajstić information content (AvgIpc) is 2.28. The molecule has 1 saturated heterocycles. The molecule has 4 saturated carbocycles.